The highest BCUT2D eigenvalue weighted by Gasteiger charge is 2.33. The molecule has 126 valence electrons. The van der Waals surface area contributed by atoms with Crippen LogP contribution in [0.25, 0.3) is 6.08 Å². The number of nitrogens with one attached hydrogen (secondary N) is 1. The van der Waals surface area contributed by atoms with E-state index in [1.807, 2.05) is 12.1 Å². The van der Waals surface area contributed by atoms with Crippen molar-refractivity contribution in [2.45, 2.75) is 0 Å². The van der Waals surface area contributed by atoms with Gasteiger partial charge in [-0.3, -0.25) is 15.0 Å². The summed E-state index contributed by atoms with van der Waals surface area (Å²) in [5.74, 6) is -0.505. The van der Waals surface area contributed by atoms with Crippen LogP contribution >= 0.6 is 47.2 Å². The summed E-state index contributed by atoms with van der Waals surface area (Å²) < 4.78 is 0. The molecule has 0 spiro atoms. The Morgan fingerprint density at radius 3 is 2.48 bits per heavy atom. The number of halogens is 2. The van der Waals surface area contributed by atoms with Crippen molar-refractivity contribution in [3.63, 3.8) is 0 Å². The monoisotopic (exact) mass is 408 g/mol. The highest BCUT2D eigenvalue weighted by molar-refractivity contribution is 8.19. The fraction of sp³-hybridized carbons (Fsp3) is 0. The van der Waals surface area contributed by atoms with Crippen LogP contribution in [0.1, 0.15) is 15.9 Å². The molecule has 8 heteroatoms. The van der Waals surface area contributed by atoms with Crippen molar-refractivity contribution >= 4 is 69.4 Å². The average molecular weight is 409 g/mol. The van der Waals surface area contributed by atoms with Crippen LogP contribution in [0.15, 0.2) is 53.4 Å². The van der Waals surface area contributed by atoms with E-state index in [-0.39, 0.29) is 15.8 Å². The van der Waals surface area contributed by atoms with Gasteiger partial charge in [-0.25, -0.2) is 0 Å². The van der Waals surface area contributed by atoms with Crippen molar-refractivity contribution in [3.8, 4) is 0 Å². The van der Waals surface area contributed by atoms with Crippen molar-refractivity contribution in [1.82, 2.24) is 10.4 Å². The minimum absolute atomic E-state index is 0.227. The zero-order valence-corrected chi connectivity index (χ0v) is 15.7. The van der Waals surface area contributed by atoms with E-state index in [2.05, 4.69) is 5.43 Å². The fourth-order valence-corrected chi connectivity index (χ4v) is 3.59. The minimum atomic E-state index is -0.505. The number of thiocarbonyl (C=S) groups is 1. The van der Waals surface area contributed by atoms with Gasteiger partial charge in [0.05, 0.1) is 15.5 Å². The largest absolute Gasteiger partial charge is 0.310 e. The number of hydrogen-bond donors (Lipinski definition) is 1. The van der Waals surface area contributed by atoms with Gasteiger partial charge < -0.3 is 0 Å². The van der Waals surface area contributed by atoms with E-state index in [0.717, 1.165) is 22.3 Å². The number of rotatable bonds is 3. The Morgan fingerprint density at radius 1 is 1.12 bits per heavy atom. The lowest BCUT2D eigenvalue weighted by Crippen LogP contribution is -2.44. The molecule has 1 aliphatic heterocycles. The summed E-state index contributed by atoms with van der Waals surface area (Å²) in [6.07, 6.45) is 1.77. The van der Waals surface area contributed by atoms with E-state index in [1.54, 1.807) is 42.5 Å². The van der Waals surface area contributed by atoms with E-state index in [0.29, 0.717) is 15.0 Å². The first kappa shape index (κ1) is 17.9. The Kier molecular flexibility index (Phi) is 5.44. The van der Waals surface area contributed by atoms with E-state index in [4.69, 9.17) is 35.4 Å². The lowest BCUT2D eigenvalue weighted by atomic mass is 10.2. The van der Waals surface area contributed by atoms with Gasteiger partial charge >= 0.3 is 5.24 Å². The molecule has 2 amide bonds. The maximum Gasteiger partial charge on any atom is 0.310 e. The van der Waals surface area contributed by atoms with Gasteiger partial charge in [0.2, 0.25) is 0 Å². The summed E-state index contributed by atoms with van der Waals surface area (Å²) in [6, 6.07) is 13.7. The summed E-state index contributed by atoms with van der Waals surface area (Å²) >= 11 is 18.1. The zero-order valence-electron chi connectivity index (χ0n) is 12.5. The van der Waals surface area contributed by atoms with Crippen molar-refractivity contribution in [1.29, 1.82) is 0 Å². The van der Waals surface area contributed by atoms with Gasteiger partial charge in [0.15, 0.2) is 0 Å². The smallest absolute Gasteiger partial charge is 0.267 e. The number of benzene rings is 2. The molecule has 0 radical (unpaired) electrons. The SMILES string of the molecule is O=C(NN1C(=O)S/C(=C/c2ccc(Cl)cc2)C1=S)c1ccccc1Cl. The van der Waals surface area contributed by atoms with Gasteiger partial charge in [-0.2, -0.15) is 5.01 Å². The molecule has 1 N–H and O–H groups in total. The Labute approximate surface area is 163 Å². The van der Waals surface area contributed by atoms with Crippen LogP contribution in [-0.4, -0.2) is 21.1 Å². The highest BCUT2D eigenvalue weighted by Crippen LogP contribution is 2.32. The molecule has 4 nitrogen and oxygen atoms in total. The Balaban J connectivity index is 1.79. The van der Waals surface area contributed by atoms with Crippen LogP contribution < -0.4 is 5.43 Å². The van der Waals surface area contributed by atoms with Crippen LogP contribution in [0.5, 0.6) is 0 Å². The molecule has 25 heavy (non-hydrogen) atoms. The van der Waals surface area contributed by atoms with Gasteiger partial charge in [0, 0.05) is 5.02 Å². The van der Waals surface area contributed by atoms with Crippen LogP contribution in [0.3, 0.4) is 0 Å². The first-order valence-electron chi connectivity index (χ1n) is 7.05. The number of hydrogen-bond acceptors (Lipinski definition) is 4. The molecule has 1 fully saturated rings. The summed E-state index contributed by atoms with van der Waals surface area (Å²) in [6.45, 7) is 0. The molecule has 0 aliphatic carbocycles. The zero-order chi connectivity index (χ0) is 18.0. The average Bonchev–Trinajstić information content (AvgIpc) is 2.85. The van der Waals surface area contributed by atoms with E-state index in [1.165, 1.54) is 0 Å². The third-order valence-electron chi connectivity index (χ3n) is 3.29. The summed E-state index contributed by atoms with van der Waals surface area (Å²) in [4.78, 5) is 25.3. The van der Waals surface area contributed by atoms with Gasteiger partial charge in [-0.1, -0.05) is 59.7 Å². The maximum absolute atomic E-state index is 12.3. The van der Waals surface area contributed by atoms with Crippen molar-refractivity contribution in [2.75, 3.05) is 0 Å². The number of nitrogens with zero attached hydrogens (tertiary/aromatic N) is 1. The molecular weight excluding hydrogens is 399 g/mol. The van der Waals surface area contributed by atoms with Crippen LogP contribution in [-0.2, 0) is 0 Å². The quantitative estimate of drug-likeness (QED) is 0.561. The lowest BCUT2D eigenvalue weighted by Gasteiger charge is -2.16. The van der Waals surface area contributed by atoms with Crippen molar-refractivity contribution in [3.05, 3.63) is 74.6 Å². The first-order valence-corrected chi connectivity index (χ1v) is 9.03. The molecule has 1 heterocycles. The van der Waals surface area contributed by atoms with Gasteiger partial charge in [-0.15, -0.1) is 0 Å². The molecule has 0 bridgehead atoms. The minimum Gasteiger partial charge on any atom is -0.267 e. The molecule has 1 saturated heterocycles. The van der Waals surface area contributed by atoms with Gasteiger partial charge in [0.25, 0.3) is 5.91 Å². The normalized spacial score (nSPS) is 15.8. The second kappa shape index (κ2) is 7.58. The summed E-state index contributed by atoms with van der Waals surface area (Å²) in [5, 5.41) is 1.58. The first-order chi connectivity index (χ1) is 12.0. The highest BCUT2D eigenvalue weighted by atomic mass is 35.5. The number of hydrazine groups is 1. The molecule has 0 unspecified atom stereocenters. The Hall–Kier alpha value is -1.86. The number of carbonyl (C=O) groups excluding carboxylic acids is 2. The third kappa shape index (κ3) is 4.04. The van der Waals surface area contributed by atoms with E-state index in [9.17, 15) is 9.59 Å². The molecular formula is C17H10Cl2N2O2S2. The van der Waals surface area contributed by atoms with Gasteiger partial charge in [-0.05, 0) is 47.7 Å². The Morgan fingerprint density at radius 2 is 1.80 bits per heavy atom. The third-order valence-corrected chi connectivity index (χ3v) is 5.29. The molecule has 3 rings (SSSR count). The fourth-order valence-electron chi connectivity index (χ4n) is 2.08. The van der Waals surface area contributed by atoms with E-state index >= 15 is 0 Å². The Bertz CT molecular complexity index is 898. The maximum atomic E-state index is 12.3. The van der Waals surface area contributed by atoms with Gasteiger partial charge in [0.1, 0.15) is 4.99 Å². The number of thioether (sulfide) groups is 1. The van der Waals surface area contributed by atoms with Crippen LogP contribution in [0, 0.1) is 0 Å². The number of carbonyl (C=O) groups is 2. The molecule has 1 aliphatic rings. The van der Waals surface area contributed by atoms with E-state index < -0.39 is 5.91 Å². The lowest BCUT2D eigenvalue weighted by molar-refractivity contribution is 0.0896. The molecule has 2 aromatic rings. The molecule has 0 saturated carbocycles. The molecule has 0 atom stereocenters. The van der Waals surface area contributed by atoms with Crippen molar-refractivity contribution in [2.24, 2.45) is 0 Å². The predicted molar refractivity (Wildman–Crippen MR) is 106 cm³/mol. The topological polar surface area (TPSA) is 49.4 Å². The van der Waals surface area contributed by atoms with Crippen molar-refractivity contribution < 1.29 is 9.59 Å². The van der Waals surface area contributed by atoms with Crippen LogP contribution in [0.4, 0.5) is 4.79 Å². The number of amides is 2. The summed E-state index contributed by atoms with van der Waals surface area (Å²) in [7, 11) is 0. The second-order valence-corrected chi connectivity index (χ2v) is 7.21. The summed E-state index contributed by atoms with van der Waals surface area (Å²) in [5.41, 5.74) is 3.61. The molecule has 2 aromatic carbocycles. The van der Waals surface area contributed by atoms with Crippen LogP contribution in [0.2, 0.25) is 10.0 Å². The molecule has 0 aromatic heterocycles. The standard InChI is InChI=1S/C17H10Cl2N2O2S2/c18-11-7-5-10(6-8-11)9-14-16(24)21(17(23)25-14)20-15(22)12-3-1-2-4-13(12)19/h1-9H,(H,20,22)/b14-9+. The predicted octanol–water partition coefficient (Wildman–Crippen LogP) is 5.18. The second-order valence-electron chi connectivity index (χ2n) is 4.99.